The molecular formula is C12H13IO. The Morgan fingerprint density at radius 1 is 1.50 bits per heavy atom. The van der Waals surface area contributed by atoms with Crippen LogP contribution in [0.2, 0.25) is 0 Å². The topological polar surface area (TPSA) is 20.2 Å². The summed E-state index contributed by atoms with van der Waals surface area (Å²) in [6, 6.07) is 7.92. The Kier molecular flexibility index (Phi) is 4.99. The smallest absolute Gasteiger partial charge is 0.0790 e. The van der Waals surface area contributed by atoms with Crippen molar-refractivity contribution in [3.63, 3.8) is 0 Å². The summed E-state index contributed by atoms with van der Waals surface area (Å²) in [5, 5.41) is 9.80. The van der Waals surface area contributed by atoms with E-state index in [0.29, 0.717) is 0 Å². The molecule has 0 saturated heterocycles. The molecule has 0 aliphatic carbocycles. The molecule has 74 valence electrons. The van der Waals surface area contributed by atoms with Gasteiger partial charge >= 0.3 is 0 Å². The first-order chi connectivity index (χ1) is 6.74. The summed E-state index contributed by atoms with van der Waals surface area (Å²) >= 11 is 2.24. The van der Waals surface area contributed by atoms with Crippen LogP contribution >= 0.6 is 22.6 Å². The van der Waals surface area contributed by atoms with Crippen molar-refractivity contribution in [1.29, 1.82) is 0 Å². The third-order valence-corrected chi connectivity index (χ3v) is 2.70. The molecule has 1 aromatic rings. The number of rotatable bonds is 4. The van der Waals surface area contributed by atoms with Crippen LogP contribution < -0.4 is 0 Å². The highest BCUT2D eigenvalue weighted by Crippen LogP contribution is 2.20. The van der Waals surface area contributed by atoms with Crippen LogP contribution in [0.15, 0.2) is 24.3 Å². The standard InChI is InChI=1S/C12H13IO/c1-2-3-4-8-12(14)10-6-5-7-11(13)9-10/h1,5-7,9,12,14H,3-4,8H2. The Hall–Kier alpha value is -0.530. The maximum atomic E-state index is 9.80. The molecule has 1 N–H and O–H groups in total. The van der Waals surface area contributed by atoms with E-state index in [4.69, 9.17) is 6.42 Å². The quantitative estimate of drug-likeness (QED) is 0.514. The fourth-order valence-corrected chi connectivity index (χ4v) is 1.85. The van der Waals surface area contributed by atoms with Gasteiger partial charge in [-0.05, 0) is 53.1 Å². The second-order valence-corrected chi connectivity index (χ2v) is 4.41. The third-order valence-electron chi connectivity index (χ3n) is 2.03. The van der Waals surface area contributed by atoms with E-state index in [0.717, 1.165) is 28.4 Å². The first kappa shape index (κ1) is 11.5. The Morgan fingerprint density at radius 3 is 2.93 bits per heavy atom. The molecule has 1 atom stereocenters. The van der Waals surface area contributed by atoms with Crippen molar-refractivity contribution < 1.29 is 5.11 Å². The van der Waals surface area contributed by atoms with Crippen molar-refractivity contribution >= 4 is 22.6 Å². The van der Waals surface area contributed by atoms with Gasteiger partial charge < -0.3 is 5.11 Å². The molecule has 0 spiro atoms. The van der Waals surface area contributed by atoms with Gasteiger partial charge in [-0.1, -0.05) is 12.1 Å². The third kappa shape index (κ3) is 3.69. The van der Waals surface area contributed by atoms with Crippen LogP contribution in [0.5, 0.6) is 0 Å². The van der Waals surface area contributed by atoms with Gasteiger partial charge in [0.1, 0.15) is 0 Å². The zero-order chi connectivity index (χ0) is 10.4. The van der Waals surface area contributed by atoms with Crippen molar-refractivity contribution in [2.24, 2.45) is 0 Å². The monoisotopic (exact) mass is 300 g/mol. The average molecular weight is 300 g/mol. The van der Waals surface area contributed by atoms with E-state index < -0.39 is 0 Å². The molecule has 0 aliphatic heterocycles. The average Bonchev–Trinajstić information content (AvgIpc) is 2.18. The van der Waals surface area contributed by atoms with Crippen molar-refractivity contribution in [2.75, 3.05) is 0 Å². The second kappa shape index (κ2) is 6.05. The SMILES string of the molecule is C#CCCCC(O)c1cccc(I)c1. The van der Waals surface area contributed by atoms with Crippen LogP contribution in [0.25, 0.3) is 0 Å². The van der Waals surface area contributed by atoms with Crippen LogP contribution in [0.3, 0.4) is 0 Å². The van der Waals surface area contributed by atoms with Crippen molar-refractivity contribution in [3.8, 4) is 12.3 Å². The molecular weight excluding hydrogens is 287 g/mol. The molecule has 0 radical (unpaired) electrons. The summed E-state index contributed by atoms with van der Waals surface area (Å²) in [5.41, 5.74) is 0.980. The molecule has 0 heterocycles. The number of hydrogen-bond donors (Lipinski definition) is 1. The summed E-state index contributed by atoms with van der Waals surface area (Å²) in [5.74, 6) is 2.57. The predicted octanol–water partition coefficient (Wildman–Crippen LogP) is 3.13. The number of aliphatic hydroxyl groups excluding tert-OH is 1. The zero-order valence-electron chi connectivity index (χ0n) is 7.91. The molecule has 14 heavy (non-hydrogen) atoms. The molecule has 0 amide bonds. The van der Waals surface area contributed by atoms with Crippen molar-refractivity contribution in [3.05, 3.63) is 33.4 Å². The van der Waals surface area contributed by atoms with Crippen LogP contribution in [0.4, 0.5) is 0 Å². The lowest BCUT2D eigenvalue weighted by Crippen LogP contribution is -1.97. The van der Waals surface area contributed by atoms with E-state index in [1.54, 1.807) is 0 Å². The second-order valence-electron chi connectivity index (χ2n) is 3.17. The normalized spacial score (nSPS) is 12.1. The van der Waals surface area contributed by atoms with E-state index in [1.165, 1.54) is 0 Å². The first-order valence-electron chi connectivity index (χ1n) is 4.61. The molecule has 0 fully saturated rings. The van der Waals surface area contributed by atoms with Gasteiger partial charge in [-0.2, -0.15) is 0 Å². The van der Waals surface area contributed by atoms with Crippen LogP contribution in [-0.4, -0.2) is 5.11 Å². The minimum Gasteiger partial charge on any atom is -0.388 e. The lowest BCUT2D eigenvalue weighted by atomic mass is 10.0. The van der Waals surface area contributed by atoms with E-state index in [2.05, 4.69) is 28.5 Å². The number of benzene rings is 1. The molecule has 0 aliphatic rings. The Morgan fingerprint density at radius 2 is 2.29 bits per heavy atom. The molecule has 0 saturated carbocycles. The van der Waals surface area contributed by atoms with Crippen LogP contribution in [0.1, 0.15) is 30.9 Å². The Bertz CT molecular complexity index is 327. The summed E-state index contributed by atoms with van der Waals surface area (Å²) < 4.78 is 1.15. The molecule has 1 nitrogen and oxygen atoms in total. The number of terminal acetylenes is 1. The van der Waals surface area contributed by atoms with E-state index in [-0.39, 0.29) is 6.10 Å². The summed E-state index contributed by atoms with van der Waals surface area (Å²) in [4.78, 5) is 0. The molecule has 0 bridgehead atoms. The van der Waals surface area contributed by atoms with Gasteiger partial charge in [-0.15, -0.1) is 12.3 Å². The van der Waals surface area contributed by atoms with Crippen LogP contribution in [0, 0.1) is 15.9 Å². The molecule has 1 rings (SSSR count). The minimum absolute atomic E-state index is 0.377. The summed E-state index contributed by atoms with van der Waals surface area (Å²) in [6.45, 7) is 0. The summed E-state index contributed by atoms with van der Waals surface area (Å²) in [6.07, 6.45) is 7.12. The lowest BCUT2D eigenvalue weighted by molar-refractivity contribution is 0.165. The zero-order valence-corrected chi connectivity index (χ0v) is 10.1. The van der Waals surface area contributed by atoms with Gasteiger partial charge in [0.2, 0.25) is 0 Å². The Labute approximate surface area is 98.7 Å². The highest BCUT2D eigenvalue weighted by molar-refractivity contribution is 14.1. The number of unbranched alkanes of at least 4 members (excludes halogenated alkanes) is 1. The van der Waals surface area contributed by atoms with E-state index in [1.807, 2.05) is 24.3 Å². The van der Waals surface area contributed by atoms with Crippen molar-refractivity contribution in [1.82, 2.24) is 0 Å². The van der Waals surface area contributed by atoms with Gasteiger partial charge in [0.15, 0.2) is 0 Å². The fourth-order valence-electron chi connectivity index (χ4n) is 1.28. The van der Waals surface area contributed by atoms with Gasteiger partial charge in [0.05, 0.1) is 6.10 Å². The Balaban J connectivity index is 2.52. The lowest BCUT2D eigenvalue weighted by Gasteiger charge is -2.09. The minimum atomic E-state index is -0.377. The van der Waals surface area contributed by atoms with Gasteiger partial charge in [0, 0.05) is 9.99 Å². The highest BCUT2D eigenvalue weighted by Gasteiger charge is 2.06. The first-order valence-corrected chi connectivity index (χ1v) is 5.69. The largest absolute Gasteiger partial charge is 0.388 e. The molecule has 1 unspecified atom stereocenters. The number of halogens is 1. The summed E-state index contributed by atoms with van der Waals surface area (Å²) in [7, 11) is 0. The molecule has 1 aromatic carbocycles. The van der Waals surface area contributed by atoms with Crippen LogP contribution in [-0.2, 0) is 0 Å². The number of aliphatic hydroxyl groups is 1. The maximum Gasteiger partial charge on any atom is 0.0790 e. The molecule has 2 heteroatoms. The fraction of sp³-hybridized carbons (Fsp3) is 0.333. The predicted molar refractivity (Wildman–Crippen MR) is 66.8 cm³/mol. The van der Waals surface area contributed by atoms with E-state index in [9.17, 15) is 5.11 Å². The number of hydrogen-bond acceptors (Lipinski definition) is 1. The van der Waals surface area contributed by atoms with Crippen molar-refractivity contribution in [2.45, 2.75) is 25.4 Å². The van der Waals surface area contributed by atoms with Gasteiger partial charge in [-0.3, -0.25) is 0 Å². The van der Waals surface area contributed by atoms with Gasteiger partial charge in [0.25, 0.3) is 0 Å². The van der Waals surface area contributed by atoms with E-state index >= 15 is 0 Å². The maximum absolute atomic E-state index is 9.80. The highest BCUT2D eigenvalue weighted by atomic mass is 127. The molecule has 0 aromatic heterocycles. The van der Waals surface area contributed by atoms with Gasteiger partial charge in [-0.25, -0.2) is 0 Å².